The average Bonchev–Trinajstić information content (AvgIpc) is 2.50. The highest BCUT2D eigenvalue weighted by atomic mass is 32.1. The second-order valence-electron chi connectivity index (χ2n) is 4.07. The van der Waals surface area contributed by atoms with Gasteiger partial charge in [0.15, 0.2) is 0 Å². The fraction of sp³-hybridized carbons (Fsp3) is 0.778. The summed E-state index contributed by atoms with van der Waals surface area (Å²) < 4.78 is 3.88. The minimum absolute atomic E-state index is 0.0961. The largest absolute Gasteiger partial charge is 0.396 e. The van der Waals surface area contributed by atoms with Crippen molar-refractivity contribution in [3.8, 4) is 0 Å². The molecule has 0 saturated heterocycles. The Labute approximate surface area is 87.3 Å². The van der Waals surface area contributed by atoms with Crippen molar-refractivity contribution in [1.29, 1.82) is 0 Å². The molecule has 1 heterocycles. The summed E-state index contributed by atoms with van der Waals surface area (Å²) in [6.45, 7) is 2.09. The average molecular weight is 213 g/mol. The second-order valence-corrected chi connectivity index (χ2v) is 4.86. The van der Waals surface area contributed by atoms with Crippen LogP contribution in [0.5, 0.6) is 0 Å². The monoisotopic (exact) mass is 213 g/mol. The maximum Gasteiger partial charge on any atom is 0.0772 e. The van der Waals surface area contributed by atoms with Crippen LogP contribution < -0.4 is 5.73 Å². The molecule has 1 aliphatic carbocycles. The van der Waals surface area contributed by atoms with Gasteiger partial charge in [-0.25, -0.2) is 0 Å². The van der Waals surface area contributed by atoms with Crippen molar-refractivity contribution in [2.45, 2.75) is 32.2 Å². The summed E-state index contributed by atoms with van der Waals surface area (Å²) in [5, 5.41) is 13.3. The summed E-state index contributed by atoms with van der Waals surface area (Å²) >= 11 is 1.35. The SMILES string of the molecule is Cc1nnsc1C(N)C1(CO)CCC1. The second kappa shape index (κ2) is 3.56. The Morgan fingerprint density at radius 2 is 2.36 bits per heavy atom. The molecule has 1 aliphatic rings. The Balaban J connectivity index is 2.22. The Hall–Kier alpha value is -0.520. The lowest BCUT2D eigenvalue weighted by atomic mass is 9.64. The standard InChI is InChI=1S/C9H15N3OS/c1-6-7(14-12-11-6)8(10)9(5-13)3-2-4-9/h8,13H,2-5,10H2,1H3. The van der Waals surface area contributed by atoms with Crippen LogP contribution in [0, 0.1) is 12.3 Å². The highest BCUT2D eigenvalue weighted by Gasteiger charge is 2.43. The van der Waals surface area contributed by atoms with Crippen LogP contribution >= 0.6 is 11.5 Å². The number of hydrogen-bond donors (Lipinski definition) is 2. The minimum Gasteiger partial charge on any atom is -0.396 e. The molecule has 4 nitrogen and oxygen atoms in total. The third-order valence-electron chi connectivity index (χ3n) is 3.29. The van der Waals surface area contributed by atoms with E-state index in [4.69, 9.17) is 5.73 Å². The zero-order valence-corrected chi connectivity index (χ0v) is 9.05. The first-order valence-electron chi connectivity index (χ1n) is 4.85. The summed E-state index contributed by atoms with van der Waals surface area (Å²) in [5.74, 6) is 0. The van der Waals surface area contributed by atoms with Crippen molar-refractivity contribution in [2.75, 3.05) is 6.61 Å². The van der Waals surface area contributed by atoms with E-state index >= 15 is 0 Å². The molecule has 3 N–H and O–H groups in total. The van der Waals surface area contributed by atoms with E-state index in [1.54, 1.807) is 0 Å². The number of aliphatic hydroxyl groups excluding tert-OH is 1. The van der Waals surface area contributed by atoms with E-state index in [0.717, 1.165) is 23.4 Å². The third-order valence-corrected chi connectivity index (χ3v) is 4.20. The van der Waals surface area contributed by atoms with Crippen molar-refractivity contribution < 1.29 is 5.11 Å². The summed E-state index contributed by atoms with van der Waals surface area (Å²) in [4.78, 5) is 1.03. The predicted octanol–water partition coefficient (Wildman–Crippen LogP) is 1.01. The minimum atomic E-state index is -0.0982. The molecule has 1 saturated carbocycles. The molecule has 14 heavy (non-hydrogen) atoms. The first-order chi connectivity index (χ1) is 6.69. The Kier molecular flexibility index (Phi) is 2.55. The molecular weight excluding hydrogens is 198 g/mol. The van der Waals surface area contributed by atoms with E-state index in [0.29, 0.717) is 0 Å². The van der Waals surface area contributed by atoms with Gasteiger partial charge < -0.3 is 10.8 Å². The van der Waals surface area contributed by atoms with Gasteiger partial charge in [0.05, 0.1) is 23.2 Å². The lowest BCUT2D eigenvalue weighted by molar-refractivity contribution is 0.0192. The Morgan fingerprint density at radius 3 is 2.71 bits per heavy atom. The highest BCUT2D eigenvalue weighted by Crippen LogP contribution is 2.49. The maximum atomic E-state index is 9.38. The van der Waals surface area contributed by atoms with E-state index in [9.17, 15) is 5.11 Å². The molecule has 0 radical (unpaired) electrons. The van der Waals surface area contributed by atoms with Gasteiger partial charge in [0, 0.05) is 5.41 Å². The van der Waals surface area contributed by atoms with Crippen LogP contribution in [-0.4, -0.2) is 21.3 Å². The van der Waals surface area contributed by atoms with Crippen molar-refractivity contribution >= 4 is 11.5 Å². The molecule has 0 aromatic carbocycles. The molecule has 1 aromatic rings. The fourth-order valence-corrected chi connectivity index (χ4v) is 2.79. The van der Waals surface area contributed by atoms with Gasteiger partial charge in [0.25, 0.3) is 0 Å². The molecule has 5 heteroatoms. The van der Waals surface area contributed by atoms with Crippen molar-refractivity contribution in [3.63, 3.8) is 0 Å². The van der Waals surface area contributed by atoms with Crippen LogP contribution in [0.2, 0.25) is 0 Å². The molecule has 0 aliphatic heterocycles. The summed E-state index contributed by atoms with van der Waals surface area (Å²) in [7, 11) is 0. The number of hydrogen-bond acceptors (Lipinski definition) is 5. The van der Waals surface area contributed by atoms with E-state index < -0.39 is 0 Å². The maximum absolute atomic E-state index is 9.38. The van der Waals surface area contributed by atoms with Gasteiger partial charge in [0.2, 0.25) is 0 Å². The summed E-state index contributed by atoms with van der Waals surface area (Å²) in [6.07, 6.45) is 3.20. The van der Waals surface area contributed by atoms with E-state index in [-0.39, 0.29) is 18.1 Å². The van der Waals surface area contributed by atoms with Crippen LogP contribution in [0.1, 0.15) is 35.9 Å². The van der Waals surface area contributed by atoms with Gasteiger partial charge >= 0.3 is 0 Å². The number of nitrogens with two attached hydrogens (primary N) is 1. The first kappa shape index (κ1) is 10.0. The van der Waals surface area contributed by atoms with Crippen LogP contribution in [0.15, 0.2) is 0 Å². The molecule has 0 spiro atoms. The van der Waals surface area contributed by atoms with Gasteiger partial charge in [-0.1, -0.05) is 10.9 Å². The lowest BCUT2D eigenvalue weighted by Gasteiger charge is -2.44. The molecule has 78 valence electrons. The van der Waals surface area contributed by atoms with Crippen molar-refractivity contribution in [3.05, 3.63) is 10.6 Å². The van der Waals surface area contributed by atoms with Crippen molar-refractivity contribution in [2.24, 2.45) is 11.1 Å². The van der Waals surface area contributed by atoms with Crippen LogP contribution in [0.4, 0.5) is 0 Å². The van der Waals surface area contributed by atoms with Gasteiger partial charge in [-0.05, 0) is 31.3 Å². The van der Waals surface area contributed by atoms with Gasteiger partial charge in [-0.3, -0.25) is 0 Å². The topological polar surface area (TPSA) is 72.0 Å². The molecule has 0 amide bonds. The highest BCUT2D eigenvalue weighted by molar-refractivity contribution is 7.05. The van der Waals surface area contributed by atoms with E-state index in [2.05, 4.69) is 9.59 Å². The van der Waals surface area contributed by atoms with Gasteiger partial charge in [0.1, 0.15) is 0 Å². The molecular formula is C9H15N3OS. The quantitative estimate of drug-likeness (QED) is 0.786. The normalized spacial score (nSPS) is 21.6. The Bertz CT molecular complexity index is 316. The molecule has 0 bridgehead atoms. The number of aryl methyl sites for hydroxylation is 1. The first-order valence-corrected chi connectivity index (χ1v) is 5.62. The molecule has 1 atom stereocenters. The lowest BCUT2D eigenvalue weighted by Crippen LogP contribution is -2.43. The van der Waals surface area contributed by atoms with E-state index in [1.807, 2.05) is 6.92 Å². The zero-order valence-electron chi connectivity index (χ0n) is 8.23. The smallest absolute Gasteiger partial charge is 0.0772 e. The predicted molar refractivity (Wildman–Crippen MR) is 54.9 cm³/mol. The molecule has 2 rings (SSSR count). The van der Waals surface area contributed by atoms with Crippen LogP contribution in [0.3, 0.4) is 0 Å². The van der Waals surface area contributed by atoms with E-state index in [1.165, 1.54) is 18.0 Å². The number of aromatic nitrogens is 2. The molecule has 1 unspecified atom stereocenters. The number of nitrogens with zero attached hydrogens (tertiary/aromatic N) is 2. The summed E-state index contributed by atoms with van der Waals surface area (Å²) in [6, 6.07) is -0.0961. The van der Waals surface area contributed by atoms with Crippen LogP contribution in [-0.2, 0) is 0 Å². The van der Waals surface area contributed by atoms with Crippen LogP contribution in [0.25, 0.3) is 0 Å². The fourth-order valence-electron chi connectivity index (χ4n) is 2.00. The molecule has 1 fully saturated rings. The van der Waals surface area contributed by atoms with Gasteiger partial charge in [-0.2, -0.15) is 0 Å². The molecule has 1 aromatic heterocycles. The number of rotatable bonds is 3. The summed E-state index contributed by atoms with van der Waals surface area (Å²) in [5.41, 5.74) is 6.97. The number of aliphatic hydroxyl groups is 1. The third kappa shape index (κ3) is 1.36. The van der Waals surface area contributed by atoms with Gasteiger partial charge in [-0.15, -0.1) is 5.10 Å². The van der Waals surface area contributed by atoms with Crippen molar-refractivity contribution in [1.82, 2.24) is 9.59 Å². The Morgan fingerprint density at radius 1 is 1.64 bits per heavy atom. The zero-order chi connectivity index (χ0) is 10.2.